The molecule has 3 atom stereocenters. The maximum atomic E-state index is 13.2. The van der Waals surface area contributed by atoms with Crippen LogP contribution in [-0.2, 0) is 4.79 Å². The van der Waals surface area contributed by atoms with Gasteiger partial charge in [-0.2, -0.15) is 0 Å². The SMILES string of the molecule is O=C1C(CC[C@H](O)c2ccc(F)cc2)[C@@H](c2ccc(-c3ccc(O)cc3)s2)N1c1ccccc1. The zero-order chi connectivity index (χ0) is 23.7. The maximum Gasteiger partial charge on any atom is 0.233 e. The van der Waals surface area contributed by atoms with E-state index in [1.807, 2.05) is 53.4 Å². The Morgan fingerprint density at radius 1 is 0.912 bits per heavy atom. The number of benzene rings is 3. The third-order valence-corrected chi connectivity index (χ3v) is 7.53. The molecule has 2 N–H and O–H groups in total. The van der Waals surface area contributed by atoms with Crippen LogP contribution >= 0.6 is 11.3 Å². The largest absolute Gasteiger partial charge is 0.508 e. The van der Waals surface area contributed by atoms with Gasteiger partial charge >= 0.3 is 0 Å². The van der Waals surface area contributed by atoms with E-state index in [1.54, 1.807) is 35.6 Å². The number of aliphatic hydroxyl groups excluding tert-OH is 1. The lowest BCUT2D eigenvalue weighted by atomic mass is 9.81. The highest BCUT2D eigenvalue weighted by atomic mass is 32.1. The number of phenolic OH excluding ortho intramolecular Hbond substituents is 1. The number of hydrogen-bond acceptors (Lipinski definition) is 4. The van der Waals surface area contributed by atoms with E-state index in [2.05, 4.69) is 6.07 Å². The molecule has 1 amide bonds. The monoisotopic (exact) mass is 473 g/mol. The van der Waals surface area contributed by atoms with Crippen LogP contribution in [0.3, 0.4) is 0 Å². The van der Waals surface area contributed by atoms with Crippen molar-refractivity contribution >= 4 is 22.9 Å². The molecule has 0 spiro atoms. The summed E-state index contributed by atoms with van der Waals surface area (Å²) in [5.74, 6) is -0.324. The zero-order valence-electron chi connectivity index (χ0n) is 18.3. The van der Waals surface area contributed by atoms with Crippen LogP contribution in [0.25, 0.3) is 10.4 Å². The zero-order valence-corrected chi connectivity index (χ0v) is 19.2. The molecule has 1 fully saturated rings. The molecule has 1 aliphatic heterocycles. The third kappa shape index (κ3) is 4.34. The molecule has 34 heavy (non-hydrogen) atoms. The lowest BCUT2D eigenvalue weighted by Gasteiger charge is -2.47. The van der Waals surface area contributed by atoms with Gasteiger partial charge in [-0.3, -0.25) is 4.79 Å². The van der Waals surface area contributed by atoms with Gasteiger partial charge in [-0.25, -0.2) is 4.39 Å². The molecule has 1 aromatic heterocycles. The van der Waals surface area contributed by atoms with Crippen molar-refractivity contribution in [2.45, 2.75) is 25.0 Å². The van der Waals surface area contributed by atoms with Crippen LogP contribution in [0.2, 0.25) is 0 Å². The van der Waals surface area contributed by atoms with Gasteiger partial charge in [0.05, 0.1) is 18.1 Å². The molecule has 0 aliphatic carbocycles. The predicted octanol–water partition coefficient (Wildman–Crippen LogP) is 6.48. The molecule has 5 rings (SSSR count). The molecule has 0 saturated carbocycles. The van der Waals surface area contributed by atoms with Crippen molar-refractivity contribution < 1.29 is 19.4 Å². The summed E-state index contributed by atoms with van der Waals surface area (Å²) < 4.78 is 13.2. The molecular formula is C28H24FNO3S. The Morgan fingerprint density at radius 3 is 2.32 bits per heavy atom. The maximum absolute atomic E-state index is 13.2. The standard InChI is InChI=1S/C28H24FNO3S/c29-20-10-6-18(7-11-20)24(32)15-14-23-27(30(28(23)33)21-4-2-1-3-5-21)26-17-16-25(34-26)19-8-12-22(31)13-9-19/h1-13,16-17,23-24,27,31-32H,14-15H2/t23?,24-,27-/m0/s1. The van der Waals surface area contributed by atoms with Gasteiger partial charge in [-0.1, -0.05) is 30.3 Å². The van der Waals surface area contributed by atoms with Crippen molar-refractivity contribution in [3.63, 3.8) is 0 Å². The molecule has 6 heteroatoms. The number of para-hydroxylation sites is 1. The van der Waals surface area contributed by atoms with Crippen molar-refractivity contribution in [3.05, 3.63) is 107 Å². The summed E-state index contributed by atoms with van der Waals surface area (Å²) in [5, 5.41) is 20.2. The minimum absolute atomic E-state index is 0.0436. The van der Waals surface area contributed by atoms with Gasteiger partial charge in [-0.15, -0.1) is 11.3 Å². The molecular weight excluding hydrogens is 449 g/mol. The Bertz CT molecular complexity index is 1270. The number of anilines is 1. The van der Waals surface area contributed by atoms with E-state index in [9.17, 15) is 19.4 Å². The van der Waals surface area contributed by atoms with Crippen LogP contribution in [0.15, 0.2) is 91.0 Å². The van der Waals surface area contributed by atoms with Crippen LogP contribution < -0.4 is 4.90 Å². The number of hydrogen-bond donors (Lipinski definition) is 2. The second-order valence-corrected chi connectivity index (χ2v) is 9.60. The summed E-state index contributed by atoms with van der Waals surface area (Å²) in [6.07, 6.45) is 0.186. The van der Waals surface area contributed by atoms with Gasteiger partial charge in [-0.05, 0) is 84.6 Å². The smallest absolute Gasteiger partial charge is 0.233 e. The Balaban J connectivity index is 1.39. The molecule has 172 valence electrons. The topological polar surface area (TPSA) is 60.8 Å². The number of β-lactam (4-membered cyclic amide) rings is 1. The first-order valence-corrected chi connectivity index (χ1v) is 12.0. The van der Waals surface area contributed by atoms with Gasteiger partial charge in [0.15, 0.2) is 0 Å². The van der Waals surface area contributed by atoms with Gasteiger partial charge in [0, 0.05) is 15.4 Å². The van der Waals surface area contributed by atoms with Gasteiger partial charge < -0.3 is 15.1 Å². The van der Waals surface area contributed by atoms with Crippen molar-refractivity contribution in [1.29, 1.82) is 0 Å². The lowest BCUT2D eigenvalue weighted by Crippen LogP contribution is -2.55. The molecule has 0 radical (unpaired) electrons. The second-order valence-electron chi connectivity index (χ2n) is 8.49. The second kappa shape index (κ2) is 9.41. The number of rotatable bonds is 7. The number of aliphatic hydroxyl groups is 1. The summed E-state index contributed by atoms with van der Waals surface area (Å²) in [6, 6.07) is 26.5. The first kappa shape index (κ1) is 22.3. The number of carbonyl (C=O) groups is 1. The Labute approximate surface area is 201 Å². The summed E-state index contributed by atoms with van der Waals surface area (Å²) in [5.41, 5.74) is 2.51. The van der Waals surface area contributed by atoms with E-state index in [-0.39, 0.29) is 29.4 Å². The summed E-state index contributed by atoms with van der Waals surface area (Å²) in [4.78, 5) is 17.2. The van der Waals surface area contributed by atoms with E-state index in [0.717, 1.165) is 21.0 Å². The number of carbonyl (C=O) groups excluding carboxylic acids is 1. The van der Waals surface area contributed by atoms with Crippen molar-refractivity contribution in [2.75, 3.05) is 4.90 Å². The number of halogens is 1. The fourth-order valence-electron chi connectivity index (χ4n) is 4.51. The minimum atomic E-state index is -0.754. The minimum Gasteiger partial charge on any atom is -0.508 e. The first-order chi connectivity index (χ1) is 16.5. The van der Waals surface area contributed by atoms with Crippen LogP contribution in [0, 0.1) is 11.7 Å². The summed E-state index contributed by atoms with van der Waals surface area (Å²) >= 11 is 1.63. The van der Waals surface area contributed by atoms with Gasteiger partial charge in [0.25, 0.3) is 0 Å². The normalized spacial score (nSPS) is 18.5. The number of amides is 1. The van der Waals surface area contributed by atoms with Crippen molar-refractivity contribution in [2.24, 2.45) is 5.92 Å². The molecule has 4 aromatic rings. The highest BCUT2D eigenvalue weighted by Crippen LogP contribution is 2.49. The molecule has 0 bridgehead atoms. The Hall–Kier alpha value is -3.48. The number of thiophene rings is 1. The van der Waals surface area contributed by atoms with Crippen LogP contribution in [0.4, 0.5) is 10.1 Å². The Morgan fingerprint density at radius 2 is 1.62 bits per heavy atom. The summed E-state index contributed by atoms with van der Waals surface area (Å²) in [6.45, 7) is 0. The molecule has 1 saturated heterocycles. The van der Waals surface area contributed by atoms with Crippen LogP contribution in [0.1, 0.15) is 35.4 Å². The van der Waals surface area contributed by atoms with E-state index in [0.29, 0.717) is 18.4 Å². The number of phenols is 1. The fourth-order valence-corrected chi connectivity index (χ4v) is 5.68. The van der Waals surface area contributed by atoms with Gasteiger partial charge in [0.2, 0.25) is 5.91 Å². The quantitative estimate of drug-likeness (QED) is 0.302. The fraction of sp³-hybridized carbons (Fsp3) is 0.179. The van der Waals surface area contributed by atoms with E-state index in [1.165, 1.54) is 12.1 Å². The number of aromatic hydroxyl groups is 1. The molecule has 4 nitrogen and oxygen atoms in total. The van der Waals surface area contributed by atoms with Crippen LogP contribution in [0.5, 0.6) is 5.75 Å². The first-order valence-electron chi connectivity index (χ1n) is 11.2. The number of nitrogens with zero attached hydrogens (tertiary/aromatic N) is 1. The van der Waals surface area contributed by atoms with Crippen LogP contribution in [-0.4, -0.2) is 16.1 Å². The van der Waals surface area contributed by atoms with E-state index in [4.69, 9.17) is 0 Å². The van der Waals surface area contributed by atoms with Crippen molar-refractivity contribution in [3.8, 4) is 16.2 Å². The predicted molar refractivity (Wildman–Crippen MR) is 132 cm³/mol. The molecule has 1 unspecified atom stereocenters. The highest BCUT2D eigenvalue weighted by Gasteiger charge is 2.49. The molecule has 2 heterocycles. The lowest BCUT2D eigenvalue weighted by molar-refractivity contribution is -0.130. The van der Waals surface area contributed by atoms with Crippen molar-refractivity contribution in [1.82, 2.24) is 0 Å². The Kier molecular flexibility index (Phi) is 6.18. The third-order valence-electron chi connectivity index (χ3n) is 6.32. The molecule has 1 aliphatic rings. The van der Waals surface area contributed by atoms with E-state index < -0.39 is 6.10 Å². The molecule has 3 aromatic carbocycles. The summed E-state index contributed by atoms with van der Waals surface area (Å²) in [7, 11) is 0. The van der Waals surface area contributed by atoms with E-state index >= 15 is 0 Å². The highest BCUT2D eigenvalue weighted by molar-refractivity contribution is 7.15. The average molecular weight is 474 g/mol. The van der Waals surface area contributed by atoms with Gasteiger partial charge in [0.1, 0.15) is 11.6 Å². The average Bonchev–Trinajstić information content (AvgIpc) is 3.33.